The molecule has 28 heavy (non-hydrogen) atoms. The second-order valence-electron chi connectivity index (χ2n) is 6.83. The largest absolute Gasteiger partial charge is 0.494 e. The summed E-state index contributed by atoms with van der Waals surface area (Å²) in [4.78, 5) is 12.5. The number of carbonyl (C=O) groups is 1. The van der Waals surface area contributed by atoms with Crippen LogP contribution in [0.25, 0.3) is 0 Å². The Hall–Kier alpha value is -2.54. The van der Waals surface area contributed by atoms with Gasteiger partial charge in [-0.05, 0) is 68.7 Å². The maximum Gasteiger partial charge on any atom is 0.241 e. The van der Waals surface area contributed by atoms with E-state index < -0.39 is 10.0 Å². The molecule has 0 fully saturated rings. The molecule has 7 heteroatoms. The van der Waals surface area contributed by atoms with Crippen LogP contribution in [0.15, 0.2) is 42.5 Å². The molecule has 0 saturated heterocycles. The molecule has 0 bridgehead atoms. The quantitative estimate of drug-likeness (QED) is 0.732. The van der Waals surface area contributed by atoms with Gasteiger partial charge in [0.15, 0.2) is 0 Å². The van der Waals surface area contributed by atoms with Crippen LogP contribution in [0.4, 0.5) is 5.69 Å². The Morgan fingerprint density at radius 1 is 1.11 bits per heavy atom. The summed E-state index contributed by atoms with van der Waals surface area (Å²) in [5, 5.41) is 2.86. The van der Waals surface area contributed by atoms with Gasteiger partial charge < -0.3 is 10.1 Å². The highest BCUT2D eigenvalue weighted by Crippen LogP contribution is 2.22. The standard InChI is InChI=1S/C21H28N2O4S/c1-6-27-20-11-8-18(9-12-20)17(4)22-21(24)14-23(28(5,25)26)19-10-7-15(2)16(3)13-19/h7-13,17H,6,14H2,1-5H3,(H,22,24)/t17-/m1/s1. The Morgan fingerprint density at radius 3 is 2.29 bits per heavy atom. The van der Waals surface area contributed by atoms with E-state index in [1.54, 1.807) is 12.1 Å². The van der Waals surface area contributed by atoms with E-state index in [4.69, 9.17) is 4.74 Å². The number of hydrogen-bond acceptors (Lipinski definition) is 4. The fraction of sp³-hybridized carbons (Fsp3) is 0.381. The first-order chi connectivity index (χ1) is 13.1. The lowest BCUT2D eigenvalue weighted by Crippen LogP contribution is -2.41. The minimum atomic E-state index is -3.60. The molecule has 0 unspecified atom stereocenters. The van der Waals surface area contributed by atoms with Crippen molar-refractivity contribution in [3.8, 4) is 5.75 Å². The molecule has 6 nitrogen and oxygen atoms in total. The van der Waals surface area contributed by atoms with Crippen LogP contribution in [0.1, 0.15) is 36.6 Å². The van der Waals surface area contributed by atoms with Gasteiger partial charge in [-0.25, -0.2) is 8.42 Å². The van der Waals surface area contributed by atoms with E-state index in [0.29, 0.717) is 12.3 Å². The third kappa shape index (κ3) is 5.73. The number of nitrogens with one attached hydrogen (secondary N) is 1. The first-order valence-corrected chi connectivity index (χ1v) is 11.0. The number of sulfonamides is 1. The van der Waals surface area contributed by atoms with Crippen LogP contribution in [-0.4, -0.2) is 33.7 Å². The van der Waals surface area contributed by atoms with E-state index >= 15 is 0 Å². The van der Waals surface area contributed by atoms with Crippen LogP contribution >= 0.6 is 0 Å². The average Bonchev–Trinajstić information content (AvgIpc) is 2.62. The van der Waals surface area contributed by atoms with E-state index in [0.717, 1.165) is 33.0 Å². The van der Waals surface area contributed by atoms with E-state index in [9.17, 15) is 13.2 Å². The molecule has 1 atom stereocenters. The third-order valence-electron chi connectivity index (χ3n) is 4.53. The number of aryl methyl sites for hydroxylation is 2. The Kier molecular flexibility index (Phi) is 7.07. The van der Waals surface area contributed by atoms with Gasteiger partial charge in [0.1, 0.15) is 12.3 Å². The fourth-order valence-corrected chi connectivity index (χ4v) is 3.65. The molecular weight excluding hydrogens is 376 g/mol. The number of anilines is 1. The van der Waals surface area contributed by atoms with Crippen molar-refractivity contribution in [1.29, 1.82) is 0 Å². The predicted molar refractivity (Wildman–Crippen MR) is 112 cm³/mol. The second-order valence-corrected chi connectivity index (χ2v) is 8.74. The van der Waals surface area contributed by atoms with Crippen molar-refractivity contribution in [2.45, 2.75) is 33.7 Å². The summed E-state index contributed by atoms with van der Waals surface area (Å²) in [5.74, 6) is 0.396. The Bertz CT molecular complexity index is 924. The van der Waals surface area contributed by atoms with Gasteiger partial charge in [-0.1, -0.05) is 18.2 Å². The predicted octanol–water partition coefficient (Wildman–Crippen LogP) is 3.35. The summed E-state index contributed by atoms with van der Waals surface area (Å²) < 4.78 is 31.0. The number of hydrogen-bond donors (Lipinski definition) is 1. The van der Waals surface area contributed by atoms with E-state index in [-0.39, 0.29) is 18.5 Å². The van der Waals surface area contributed by atoms with Crippen molar-refractivity contribution < 1.29 is 17.9 Å². The van der Waals surface area contributed by atoms with E-state index in [1.807, 2.05) is 58.0 Å². The summed E-state index contributed by atoms with van der Waals surface area (Å²) >= 11 is 0. The van der Waals surface area contributed by atoms with Gasteiger partial charge in [-0.3, -0.25) is 9.10 Å². The number of carbonyl (C=O) groups excluding carboxylic acids is 1. The topological polar surface area (TPSA) is 75.7 Å². The van der Waals surface area contributed by atoms with Crippen molar-refractivity contribution in [2.24, 2.45) is 0 Å². The third-order valence-corrected chi connectivity index (χ3v) is 5.68. The van der Waals surface area contributed by atoms with Crippen molar-refractivity contribution in [2.75, 3.05) is 23.7 Å². The molecule has 0 aliphatic rings. The molecule has 2 rings (SSSR count). The lowest BCUT2D eigenvalue weighted by molar-refractivity contribution is -0.120. The Morgan fingerprint density at radius 2 is 1.75 bits per heavy atom. The second kappa shape index (κ2) is 9.10. The lowest BCUT2D eigenvalue weighted by atomic mass is 10.1. The van der Waals surface area contributed by atoms with Crippen LogP contribution in [-0.2, 0) is 14.8 Å². The van der Waals surface area contributed by atoms with Gasteiger partial charge in [0.2, 0.25) is 15.9 Å². The van der Waals surface area contributed by atoms with Crippen LogP contribution in [0, 0.1) is 13.8 Å². The van der Waals surface area contributed by atoms with Crippen LogP contribution in [0.5, 0.6) is 5.75 Å². The zero-order chi connectivity index (χ0) is 20.9. The Balaban J connectivity index is 2.12. The zero-order valence-corrected chi connectivity index (χ0v) is 17.8. The fourth-order valence-electron chi connectivity index (χ4n) is 2.80. The number of benzene rings is 2. The maximum absolute atomic E-state index is 12.5. The van der Waals surface area contributed by atoms with Crippen molar-refractivity contribution in [3.63, 3.8) is 0 Å². The highest BCUT2D eigenvalue weighted by molar-refractivity contribution is 7.92. The summed E-state index contributed by atoms with van der Waals surface area (Å²) in [7, 11) is -3.60. The van der Waals surface area contributed by atoms with Crippen molar-refractivity contribution in [3.05, 3.63) is 59.2 Å². The minimum Gasteiger partial charge on any atom is -0.494 e. The summed E-state index contributed by atoms with van der Waals surface area (Å²) in [6, 6.07) is 12.5. The molecular formula is C21H28N2O4S. The average molecular weight is 405 g/mol. The van der Waals surface area contributed by atoms with Crippen LogP contribution in [0.2, 0.25) is 0 Å². The SMILES string of the molecule is CCOc1ccc([C@@H](C)NC(=O)CN(c2ccc(C)c(C)c2)S(C)(=O)=O)cc1. The zero-order valence-electron chi connectivity index (χ0n) is 17.0. The summed E-state index contributed by atoms with van der Waals surface area (Å²) in [6.07, 6.45) is 1.10. The molecule has 0 aliphatic heterocycles. The van der Waals surface area contributed by atoms with E-state index in [2.05, 4.69) is 5.32 Å². The van der Waals surface area contributed by atoms with Crippen LogP contribution < -0.4 is 14.4 Å². The minimum absolute atomic E-state index is 0.260. The normalized spacial score (nSPS) is 12.3. The van der Waals surface area contributed by atoms with Gasteiger partial charge >= 0.3 is 0 Å². The van der Waals surface area contributed by atoms with E-state index in [1.165, 1.54) is 0 Å². The maximum atomic E-state index is 12.5. The number of amides is 1. The monoisotopic (exact) mass is 404 g/mol. The highest BCUT2D eigenvalue weighted by atomic mass is 32.2. The lowest BCUT2D eigenvalue weighted by Gasteiger charge is -2.24. The molecule has 0 aliphatic carbocycles. The van der Waals surface area contributed by atoms with Crippen molar-refractivity contribution >= 4 is 21.6 Å². The van der Waals surface area contributed by atoms with Gasteiger partial charge in [0.05, 0.1) is 24.6 Å². The molecule has 0 heterocycles. The van der Waals surface area contributed by atoms with Gasteiger partial charge in [0.25, 0.3) is 0 Å². The first-order valence-electron chi connectivity index (χ1n) is 9.19. The Labute approximate surface area is 167 Å². The van der Waals surface area contributed by atoms with Gasteiger partial charge in [-0.2, -0.15) is 0 Å². The number of nitrogens with zero attached hydrogens (tertiary/aromatic N) is 1. The summed E-state index contributed by atoms with van der Waals surface area (Å²) in [5.41, 5.74) is 3.42. The van der Waals surface area contributed by atoms with Gasteiger partial charge in [-0.15, -0.1) is 0 Å². The smallest absolute Gasteiger partial charge is 0.241 e. The number of ether oxygens (including phenoxy) is 1. The first kappa shape index (κ1) is 21.8. The molecule has 1 amide bonds. The molecule has 0 aromatic heterocycles. The molecule has 2 aromatic carbocycles. The molecule has 0 spiro atoms. The molecule has 0 saturated carbocycles. The molecule has 1 N–H and O–H groups in total. The summed E-state index contributed by atoms with van der Waals surface area (Å²) in [6.45, 7) is 7.95. The molecule has 0 radical (unpaired) electrons. The highest BCUT2D eigenvalue weighted by Gasteiger charge is 2.22. The molecule has 2 aromatic rings. The van der Waals surface area contributed by atoms with Gasteiger partial charge in [0, 0.05) is 0 Å². The van der Waals surface area contributed by atoms with Crippen molar-refractivity contribution in [1.82, 2.24) is 5.32 Å². The number of rotatable bonds is 8. The molecule has 152 valence electrons. The van der Waals surface area contributed by atoms with Crippen LogP contribution in [0.3, 0.4) is 0 Å².